The zero-order valence-electron chi connectivity index (χ0n) is 13.5. The van der Waals surface area contributed by atoms with E-state index in [1.807, 2.05) is 20.8 Å². The van der Waals surface area contributed by atoms with E-state index in [4.69, 9.17) is 10.5 Å². The van der Waals surface area contributed by atoms with Gasteiger partial charge in [0.15, 0.2) is 5.96 Å². The molecule has 1 aliphatic rings. The fourth-order valence-corrected chi connectivity index (χ4v) is 2.14. The number of ether oxygens (including phenoxy) is 1. The summed E-state index contributed by atoms with van der Waals surface area (Å²) < 4.78 is 5.13. The Morgan fingerprint density at radius 2 is 2.14 bits per heavy atom. The summed E-state index contributed by atoms with van der Waals surface area (Å²) >= 11 is 0. The first-order valence-corrected chi connectivity index (χ1v) is 7.29. The number of alkyl carbamates (subject to hydrolysis) is 1. The van der Waals surface area contributed by atoms with E-state index in [1.165, 1.54) is 6.42 Å². The maximum Gasteiger partial charge on any atom is 0.407 e. The molecule has 1 amide bonds. The van der Waals surface area contributed by atoms with Crippen LogP contribution in [0.4, 0.5) is 4.79 Å². The smallest absolute Gasteiger partial charge is 0.407 e. The van der Waals surface area contributed by atoms with E-state index < -0.39 is 11.7 Å². The van der Waals surface area contributed by atoms with E-state index in [0.29, 0.717) is 25.0 Å². The molecule has 0 aliphatic carbocycles. The van der Waals surface area contributed by atoms with Crippen LogP contribution in [0.25, 0.3) is 0 Å². The van der Waals surface area contributed by atoms with Crippen molar-refractivity contribution in [3.8, 4) is 0 Å². The van der Waals surface area contributed by atoms with Gasteiger partial charge < -0.3 is 20.7 Å². The molecule has 6 nitrogen and oxygen atoms in total. The SMILES string of the molecule is CC1CCCN(C(N)=NCCNC(=O)OC(C)(C)C)C1.I. The van der Waals surface area contributed by atoms with Gasteiger partial charge in [-0.3, -0.25) is 4.99 Å². The van der Waals surface area contributed by atoms with Crippen molar-refractivity contribution < 1.29 is 9.53 Å². The molecule has 0 aromatic carbocycles. The average Bonchev–Trinajstić information content (AvgIpc) is 2.32. The molecule has 1 saturated heterocycles. The molecule has 1 atom stereocenters. The number of nitrogens with zero attached hydrogens (tertiary/aromatic N) is 2. The van der Waals surface area contributed by atoms with E-state index in [2.05, 4.69) is 22.1 Å². The van der Waals surface area contributed by atoms with Crippen LogP contribution in [0, 0.1) is 5.92 Å². The number of piperidine rings is 1. The molecule has 0 bridgehead atoms. The number of carbonyl (C=O) groups is 1. The Kier molecular flexibility index (Phi) is 9.00. The monoisotopic (exact) mass is 412 g/mol. The number of likely N-dealkylation sites (tertiary alicyclic amines) is 1. The Labute approximate surface area is 144 Å². The number of nitrogens with one attached hydrogen (secondary N) is 1. The second-order valence-corrected chi connectivity index (χ2v) is 6.36. The Morgan fingerprint density at radius 3 is 2.71 bits per heavy atom. The van der Waals surface area contributed by atoms with Gasteiger partial charge in [-0.15, -0.1) is 24.0 Å². The molecule has 1 aliphatic heterocycles. The summed E-state index contributed by atoms with van der Waals surface area (Å²) in [5, 5.41) is 2.66. The lowest BCUT2D eigenvalue weighted by Crippen LogP contribution is -2.44. The maximum atomic E-state index is 11.4. The summed E-state index contributed by atoms with van der Waals surface area (Å²) in [6.07, 6.45) is 2.00. The number of aliphatic imine (C=N–C) groups is 1. The first kappa shape index (κ1) is 20.3. The number of halogens is 1. The first-order valence-electron chi connectivity index (χ1n) is 7.29. The van der Waals surface area contributed by atoms with Gasteiger partial charge in [-0.2, -0.15) is 0 Å². The molecular weight excluding hydrogens is 383 g/mol. The Bertz CT molecular complexity index is 355. The van der Waals surface area contributed by atoms with Crippen molar-refractivity contribution in [3.63, 3.8) is 0 Å². The van der Waals surface area contributed by atoms with Gasteiger partial charge in [0.2, 0.25) is 0 Å². The van der Waals surface area contributed by atoms with Gasteiger partial charge in [0.05, 0.1) is 6.54 Å². The van der Waals surface area contributed by atoms with E-state index >= 15 is 0 Å². The summed E-state index contributed by atoms with van der Waals surface area (Å²) in [7, 11) is 0. The molecule has 3 N–H and O–H groups in total. The van der Waals surface area contributed by atoms with Crippen molar-refractivity contribution in [1.82, 2.24) is 10.2 Å². The normalized spacial score (nSPS) is 19.7. The predicted molar refractivity (Wildman–Crippen MR) is 96.1 cm³/mol. The molecule has 0 aromatic rings. The molecule has 124 valence electrons. The van der Waals surface area contributed by atoms with Crippen LogP contribution in [0.1, 0.15) is 40.5 Å². The highest BCUT2D eigenvalue weighted by molar-refractivity contribution is 14.0. The number of nitrogens with two attached hydrogens (primary N) is 1. The van der Waals surface area contributed by atoms with Crippen molar-refractivity contribution in [1.29, 1.82) is 0 Å². The molecule has 0 spiro atoms. The van der Waals surface area contributed by atoms with Gasteiger partial charge in [-0.1, -0.05) is 6.92 Å². The average molecular weight is 412 g/mol. The van der Waals surface area contributed by atoms with E-state index in [1.54, 1.807) is 0 Å². The largest absolute Gasteiger partial charge is 0.444 e. The van der Waals surface area contributed by atoms with Crippen LogP contribution in [-0.2, 0) is 4.74 Å². The van der Waals surface area contributed by atoms with Gasteiger partial charge in [0.25, 0.3) is 0 Å². The van der Waals surface area contributed by atoms with Crippen LogP contribution in [0.15, 0.2) is 4.99 Å². The fraction of sp³-hybridized carbons (Fsp3) is 0.857. The van der Waals surface area contributed by atoms with Gasteiger partial charge in [-0.25, -0.2) is 4.79 Å². The first-order chi connectivity index (χ1) is 9.28. The summed E-state index contributed by atoms with van der Waals surface area (Å²) in [6.45, 7) is 10.6. The van der Waals surface area contributed by atoms with Crippen molar-refractivity contribution in [2.45, 2.75) is 46.1 Å². The highest BCUT2D eigenvalue weighted by atomic mass is 127. The Hall–Kier alpha value is -0.730. The van der Waals surface area contributed by atoms with Gasteiger partial charge in [0.1, 0.15) is 5.60 Å². The summed E-state index contributed by atoms with van der Waals surface area (Å²) in [4.78, 5) is 17.8. The predicted octanol–water partition coefficient (Wildman–Crippen LogP) is 2.18. The van der Waals surface area contributed by atoms with E-state index in [-0.39, 0.29) is 24.0 Å². The standard InChI is InChI=1S/C14H28N4O2.HI/c1-11-6-5-9-18(10-11)12(15)16-7-8-17-13(19)20-14(2,3)4;/h11H,5-10H2,1-4H3,(H2,15,16)(H,17,19);1H. The van der Waals surface area contributed by atoms with Gasteiger partial charge in [-0.05, 0) is 39.5 Å². The molecule has 0 aromatic heterocycles. The van der Waals surface area contributed by atoms with Crippen molar-refractivity contribution >= 4 is 36.0 Å². The number of hydrogen-bond donors (Lipinski definition) is 2. The molecule has 0 saturated carbocycles. The highest BCUT2D eigenvalue weighted by Crippen LogP contribution is 2.14. The molecule has 21 heavy (non-hydrogen) atoms. The fourth-order valence-electron chi connectivity index (χ4n) is 2.14. The minimum atomic E-state index is -0.476. The van der Waals surface area contributed by atoms with E-state index in [0.717, 1.165) is 19.5 Å². The van der Waals surface area contributed by atoms with Gasteiger partial charge in [0, 0.05) is 19.6 Å². The second kappa shape index (κ2) is 9.32. The minimum absolute atomic E-state index is 0. The zero-order chi connectivity index (χ0) is 15.2. The van der Waals surface area contributed by atoms with Crippen LogP contribution in [0.5, 0.6) is 0 Å². The molecule has 7 heteroatoms. The molecule has 1 fully saturated rings. The number of amides is 1. The lowest BCUT2D eigenvalue weighted by molar-refractivity contribution is 0.0529. The lowest BCUT2D eigenvalue weighted by Gasteiger charge is -2.31. The minimum Gasteiger partial charge on any atom is -0.444 e. The molecule has 0 radical (unpaired) electrons. The van der Waals surface area contributed by atoms with Crippen molar-refractivity contribution in [2.75, 3.05) is 26.2 Å². The number of carbonyl (C=O) groups excluding carboxylic acids is 1. The zero-order valence-corrected chi connectivity index (χ0v) is 15.8. The van der Waals surface area contributed by atoms with Crippen LogP contribution in [0.2, 0.25) is 0 Å². The van der Waals surface area contributed by atoms with Crippen molar-refractivity contribution in [2.24, 2.45) is 16.6 Å². The topological polar surface area (TPSA) is 80.0 Å². The van der Waals surface area contributed by atoms with E-state index in [9.17, 15) is 4.79 Å². The lowest BCUT2D eigenvalue weighted by atomic mass is 10.0. The Morgan fingerprint density at radius 1 is 1.48 bits per heavy atom. The van der Waals surface area contributed by atoms with Gasteiger partial charge >= 0.3 is 6.09 Å². The maximum absolute atomic E-state index is 11.4. The molecule has 1 rings (SSSR count). The quantitative estimate of drug-likeness (QED) is 0.322. The highest BCUT2D eigenvalue weighted by Gasteiger charge is 2.18. The van der Waals surface area contributed by atoms with Crippen LogP contribution < -0.4 is 11.1 Å². The van der Waals surface area contributed by atoms with Crippen molar-refractivity contribution in [3.05, 3.63) is 0 Å². The summed E-state index contributed by atoms with van der Waals surface area (Å²) in [5.41, 5.74) is 5.49. The third-order valence-corrected chi connectivity index (χ3v) is 3.03. The molecule has 1 unspecified atom stereocenters. The second-order valence-electron chi connectivity index (χ2n) is 6.36. The van der Waals surface area contributed by atoms with Crippen LogP contribution >= 0.6 is 24.0 Å². The number of rotatable bonds is 3. The number of hydrogen-bond acceptors (Lipinski definition) is 3. The van der Waals surface area contributed by atoms with Crippen LogP contribution in [0.3, 0.4) is 0 Å². The number of guanidine groups is 1. The summed E-state index contributed by atoms with van der Waals surface area (Å²) in [5.74, 6) is 1.24. The van der Waals surface area contributed by atoms with Crippen LogP contribution in [-0.4, -0.2) is 48.7 Å². The summed E-state index contributed by atoms with van der Waals surface area (Å²) in [6, 6.07) is 0. The Balaban J connectivity index is 0.00000400. The third-order valence-electron chi connectivity index (χ3n) is 3.03. The molecule has 1 heterocycles. The third kappa shape index (κ3) is 9.00. The molecular formula is C14H29IN4O2.